The third-order valence-electron chi connectivity index (χ3n) is 3.26. The Kier molecular flexibility index (Phi) is 1.62. The number of aromatic nitrogens is 1. The molecule has 3 rings (SSSR count). The zero-order valence-corrected chi connectivity index (χ0v) is 7.66. The highest BCUT2D eigenvalue weighted by atomic mass is 14.9. The number of fused-ring (bicyclic) bond motifs is 4. The molecule has 1 aliphatic carbocycles. The first-order valence-electron chi connectivity index (χ1n) is 5.08. The third kappa shape index (κ3) is 1.17. The van der Waals surface area contributed by atoms with Crippen LogP contribution in [0.15, 0.2) is 18.3 Å². The van der Waals surface area contributed by atoms with E-state index in [0.717, 1.165) is 12.5 Å². The zero-order chi connectivity index (χ0) is 8.67. The fourth-order valence-corrected chi connectivity index (χ4v) is 2.70. The van der Waals surface area contributed by atoms with E-state index in [9.17, 15) is 0 Å². The van der Waals surface area contributed by atoms with E-state index < -0.39 is 0 Å². The monoisotopic (exact) mass is 174 g/mol. The number of piperidine rings is 1. The second-order valence-electron chi connectivity index (χ2n) is 4.21. The number of hydrogen-bond donors (Lipinski definition) is 1. The minimum Gasteiger partial charge on any atom is -0.316 e. The summed E-state index contributed by atoms with van der Waals surface area (Å²) in [7, 11) is 0. The van der Waals surface area contributed by atoms with Crippen molar-refractivity contribution in [3.05, 3.63) is 29.6 Å². The summed E-state index contributed by atoms with van der Waals surface area (Å²) in [4.78, 5) is 4.50. The van der Waals surface area contributed by atoms with Gasteiger partial charge in [-0.1, -0.05) is 6.07 Å². The van der Waals surface area contributed by atoms with Crippen molar-refractivity contribution in [3.63, 3.8) is 0 Å². The van der Waals surface area contributed by atoms with E-state index in [2.05, 4.69) is 22.4 Å². The smallest absolute Gasteiger partial charge is 0.0479 e. The van der Waals surface area contributed by atoms with Crippen LogP contribution in [0.5, 0.6) is 0 Å². The maximum Gasteiger partial charge on any atom is 0.0479 e. The van der Waals surface area contributed by atoms with Crippen LogP contribution >= 0.6 is 0 Å². The van der Waals surface area contributed by atoms with Gasteiger partial charge in [0.1, 0.15) is 0 Å². The minimum atomic E-state index is 0.684. The molecule has 2 bridgehead atoms. The Bertz CT molecular complexity index is 322. The molecule has 2 heteroatoms. The Labute approximate surface area is 78.4 Å². The molecule has 1 saturated heterocycles. The van der Waals surface area contributed by atoms with Crippen LogP contribution in [0.1, 0.15) is 23.6 Å². The van der Waals surface area contributed by atoms with Gasteiger partial charge in [0.2, 0.25) is 0 Å². The van der Waals surface area contributed by atoms with Crippen molar-refractivity contribution in [1.82, 2.24) is 10.3 Å². The molecule has 2 atom stereocenters. The van der Waals surface area contributed by atoms with Crippen LogP contribution in [0.3, 0.4) is 0 Å². The predicted octanol–water partition coefficient (Wildman–Crippen LogP) is 1.33. The van der Waals surface area contributed by atoms with Crippen molar-refractivity contribution < 1.29 is 0 Å². The molecule has 1 aromatic heterocycles. The average molecular weight is 174 g/mol. The van der Waals surface area contributed by atoms with Crippen LogP contribution in [0, 0.1) is 5.92 Å². The highest BCUT2D eigenvalue weighted by molar-refractivity contribution is 5.28. The van der Waals surface area contributed by atoms with Gasteiger partial charge >= 0.3 is 0 Å². The van der Waals surface area contributed by atoms with Gasteiger partial charge in [-0.3, -0.25) is 4.98 Å². The fourth-order valence-electron chi connectivity index (χ4n) is 2.70. The molecule has 1 N–H and O–H groups in total. The molecule has 2 nitrogen and oxygen atoms in total. The molecule has 13 heavy (non-hydrogen) atoms. The van der Waals surface area contributed by atoms with Crippen LogP contribution in [0.2, 0.25) is 0 Å². The van der Waals surface area contributed by atoms with Crippen LogP contribution in [-0.4, -0.2) is 18.1 Å². The van der Waals surface area contributed by atoms with E-state index >= 15 is 0 Å². The Morgan fingerprint density at radius 2 is 2.38 bits per heavy atom. The van der Waals surface area contributed by atoms with E-state index in [1.165, 1.54) is 30.6 Å². The molecule has 0 amide bonds. The first kappa shape index (κ1) is 7.51. The first-order chi connectivity index (χ1) is 6.43. The lowest BCUT2D eigenvalue weighted by molar-refractivity contribution is 0.313. The molecule has 2 heterocycles. The molecule has 1 aromatic rings. The summed E-state index contributed by atoms with van der Waals surface area (Å²) in [5.41, 5.74) is 2.84. The van der Waals surface area contributed by atoms with Gasteiger partial charge in [0, 0.05) is 24.4 Å². The van der Waals surface area contributed by atoms with E-state index in [-0.39, 0.29) is 0 Å². The van der Waals surface area contributed by atoms with E-state index in [1.54, 1.807) is 0 Å². The SMILES string of the molecule is c1cnc2c(c1)C[C@@H]1CNC[C@H]2C1. The van der Waals surface area contributed by atoms with Gasteiger partial charge in [-0.2, -0.15) is 0 Å². The number of pyridine rings is 1. The van der Waals surface area contributed by atoms with Gasteiger partial charge in [0.25, 0.3) is 0 Å². The largest absolute Gasteiger partial charge is 0.316 e. The first-order valence-corrected chi connectivity index (χ1v) is 5.08. The summed E-state index contributed by atoms with van der Waals surface area (Å²) < 4.78 is 0. The van der Waals surface area contributed by atoms with Crippen LogP contribution in [0.25, 0.3) is 0 Å². The van der Waals surface area contributed by atoms with Gasteiger partial charge in [0.05, 0.1) is 0 Å². The summed E-state index contributed by atoms with van der Waals surface area (Å²) in [5, 5.41) is 3.49. The summed E-state index contributed by atoms with van der Waals surface area (Å²) in [6.45, 7) is 2.32. The highest BCUT2D eigenvalue weighted by Crippen LogP contribution is 2.34. The fraction of sp³-hybridized carbons (Fsp3) is 0.545. The lowest BCUT2D eigenvalue weighted by atomic mass is 9.77. The summed E-state index contributed by atoms with van der Waals surface area (Å²) in [6.07, 6.45) is 4.50. The summed E-state index contributed by atoms with van der Waals surface area (Å²) in [6, 6.07) is 4.31. The molecule has 0 spiro atoms. The second-order valence-corrected chi connectivity index (χ2v) is 4.21. The lowest BCUT2D eigenvalue weighted by Crippen LogP contribution is -2.39. The maximum atomic E-state index is 4.50. The Morgan fingerprint density at radius 3 is 3.38 bits per heavy atom. The van der Waals surface area contributed by atoms with Gasteiger partial charge in [-0.15, -0.1) is 0 Å². The molecule has 1 fully saturated rings. The van der Waals surface area contributed by atoms with Crippen molar-refractivity contribution >= 4 is 0 Å². The lowest BCUT2D eigenvalue weighted by Gasteiger charge is -2.35. The standard InChI is InChI=1S/C11H14N2/c1-2-9-4-8-5-10(7-12-6-8)11(9)13-3-1/h1-3,8,10,12H,4-7H2/t8-,10+/m0/s1. The number of hydrogen-bond acceptors (Lipinski definition) is 2. The number of nitrogens with one attached hydrogen (secondary N) is 1. The van der Waals surface area contributed by atoms with E-state index in [1.807, 2.05) is 6.20 Å². The second kappa shape index (κ2) is 2.81. The third-order valence-corrected chi connectivity index (χ3v) is 3.26. The van der Waals surface area contributed by atoms with Crippen molar-refractivity contribution in [2.24, 2.45) is 5.92 Å². The normalized spacial score (nSPS) is 31.1. The maximum absolute atomic E-state index is 4.50. The predicted molar refractivity (Wildman–Crippen MR) is 51.7 cm³/mol. The molecule has 0 unspecified atom stereocenters. The van der Waals surface area contributed by atoms with E-state index in [0.29, 0.717) is 5.92 Å². The van der Waals surface area contributed by atoms with Crippen LogP contribution in [0.4, 0.5) is 0 Å². The molecule has 0 aromatic carbocycles. The average Bonchev–Trinajstić information content (AvgIpc) is 2.18. The Morgan fingerprint density at radius 1 is 1.38 bits per heavy atom. The van der Waals surface area contributed by atoms with Gasteiger partial charge in [-0.05, 0) is 36.9 Å². The van der Waals surface area contributed by atoms with Gasteiger partial charge < -0.3 is 5.32 Å². The molecule has 2 aliphatic rings. The topological polar surface area (TPSA) is 24.9 Å². The van der Waals surface area contributed by atoms with Crippen molar-refractivity contribution in [3.8, 4) is 0 Å². The van der Waals surface area contributed by atoms with E-state index in [4.69, 9.17) is 0 Å². The molecular formula is C11H14N2. The molecule has 0 saturated carbocycles. The molecule has 1 aliphatic heterocycles. The van der Waals surface area contributed by atoms with Crippen molar-refractivity contribution in [2.45, 2.75) is 18.8 Å². The van der Waals surface area contributed by atoms with Gasteiger partial charge in [-0.25, -0.2) is 0 Å². The minimum absolute atomic E-state index is 0.684. The highest BCUT2D eigenvalue weighted by Gasteiger charge is 2.30. The number of rotatable bonds is 0. The summed E-state index contributed by atoms with van der Waals surface area (Å²) in [5.74, 6) is 1.54. The molecule has 0 radical (unpaired) electrons. The Hall–Kier alpha value is -0.890. The number of nitrogens with zero attached hydrogens (tertiary/aromatic N) is 1. The van der Waals surface area contributed by atoms with Crippen molar-refractivity contribution in [1.29, 1.82) is 0 Å². The molecule has 68 valence electrons. The van der Waals surface area contributed by atoms with Crippen LogP contribution < -0.4 is 5.32 Å². The summed E-state index contributed by atoms with van der Waals surface area (Å²) >= 11 is 0. The van der Waals surface area contributed by atoms with Crippen LogP contribution in [-0.2, 0) is 6.42 Å². The zero-order valence-electron chi connectivity index (χ0n) is 7.66. The molecular weight excluding hydrogens is 160 g/mol. The van der Waals surface area contributed by atoms with Gasteiger partial charge in [0.15, 0.2) is 0 Å². The Balaban J connectivity index is 2.06. The quantitative estimate of drug-likeness (QED) is 0.642. The van der Waals surface area contributed by atoms with Crippen molar-refractivity contribution in [2.75, 3.05) is 13.1 Å².